The number of esters is 1. The molecule has 30 heavy (non-hydrogen) atoms. The van der Waals surface area contributed by atoms with Gasteiger partial charge in [0.25, 0.3) is 5.91 Å². The van der Waals surface area contributed by atoms with Gasteiger partial charge in [0.1, 0.15) is 4.90 Å². The highest BCUT2D eigenvalue weighted by Gasteiger charge is 2.29. The Morgan fingerprint density at radius 2 is 1.80 bits per heavy atom. The van der Waals surface area contributed by atoms with Crippen LogP contribution in [-0.2, 0) is 19.6 Å². The molecule has 0 spiro atoms. The molecule has 1 N–H and O–H groups in total. The SMILES string of the molecule is CC1CCC(NC(=O)COC(=O)c2ccc(Cl)c(S(=O)(=O)N3CCCCC3)c2)CC1. The summed E-state index contributed by atoms with van der Waals surface area (Å²) in [4.78, 5) is 24.4. The summed E-state index contributed by atoms with van der Waals surface area (Å²) < 4.78 is 32.3. The van der Waals surface area contributed by atoms with Crippen LogP contribution in [0.3, 0.4) is 0 Å². The lowest BCUT2D eigenvalue weighted by molar-refractivity contribution is -0.125. The van der Waals surface area contributed by atoms with Crippen LogP contribution in [0.15, 0.2) is 23.1 Å². The number of rotatable bonds is 6. The number of benzene rings is 1. The lowest BCUT2D eigenvalue weighted by Gasteiger charge is -2.26. The lowest BCUT2D eigenvalue weighted by Crippen LogP contribution is -2.39. The zero-order chi connectivity index (χ0) is 21.7. The van der Waals surface area contributed by atoms with Crippen molar-refractivity contribution in [3.8, 4) is 0 Å². The number of hydrogen-bond donors (Lipinski definition) is 1. The highest BCUT2D eigenvalue weighted by Crippen LogP contribution is 2.28. The van der Waals surface area contributed by atoms with Gasteiger partial charge in [0.2, 0.25) is 10.0 Å². The molecule has 2 aliphatic rings. The summed E-state index contributed by atoms with van der Waals surface area (Å²) >= 11 is 6.13. The Labute approximate surface area is 183 Å². The summed E-state index contributed by atoms with van der Waals surface area (Å²) in [6.45, 7) is 2.67. The van der Waals surface area contributed by atoms with Crippen molar-refractivity contribution < 1.29 is 22.7 Å². The normalized spacial score (nSPS) is 23.0. The van der Waals surface area contributed by atoms with Crippen LogP contribution in [-0.4, -0.2) is 50.3 Å². The number of carbonyl (C=O) groups is 2. The van der Waals surface area contributed by atoms with Crippen molar-refractivity contribution in [2.45, 2.75) is 62.8 Å². The maximum atomic E-state index is 12.9. The topological polar surface area (TPSA) is 92.8 Å². The number of carbonyl (C=O) groups excluding carboxylic acids is 2. The molecule has 1 saturated heterocycles. The van der Waals surface area contributed by atoms with E-state index in [1.54, 1.807) is 0 Å². The van der Waals surface area contributed by atoms with Gasteiger partial charge in [-0.15, -0.1) is 0 Å². The van der Waals surface area contributed by atoms with E-state index in [4.69, 9.17) is 16.3 Å². The number of ether oxygens (including phenoxy) is 1. The molecule has 0 unspecified atom stereocenters. The fraction of sp³-hybridized carbons (Fsp3) is 0.619. The minimum absolute atomic E-state index is 0.0503. The third-order valence-corrected chi connectivity index (χ3v) is 8.20. The molecule has 1 heterocycles. The Hall–Kier alpha value is -1.64. The smallest absolute Gasteiger partial charge is 0.338 e. The average molecular weight is 457 g/mol. The Morgan fingerprint density at radius 3 is 2.47 bits per heavy atom. The third kappa shape index (κ3) is 5.74. The fourth-order valence-corrected chi connectivity index (χ4v) is 5.98. The minimum Gasteiger partial charge on any atom is -0.452 e. The van der Waals surface area contributed by atoms with E-state index in [0.29, 0.717) is 19.0 Å². The van der Waals surface area contributed by atoms with E-state index in [0.717, 1.165) is 44.9 Å². The zero-order valence-corrected chi connectivity index (χ0v) is 18.8. The molecule has 1 aliphatic carbocycles. The maximum absolute atomic E-state index is 12.9. The van der Waals surface area contributed by atoms with Crippen molar-refractivity contribution in [2.75, 3.05) is 19.7 Å². The molecular weight excluding hydrogens is 428 g/mol. The Balaban J connectivity index is 1.61. The number of piperidine rings is 1. The van der Waals surface area contributed by atoms with E-state index in [9.17, 15) is 18.0 Å². The predicted octanol–water partition coefficient (Wildman–Crippen LogP) is 3.37. The van der Waals surface area contributed by atoms with Crippen LogP contribution >= 0.6 is 11.6 Å². The fourth-order valence-electron chi connectivity index (χ4n) is 3.96. The predicted molar refractivity (Wildman–Crippen MR) is 114 cm³/mol. The van der Waals surface area contributed by atoms with Crippen LogP contribution in [0.1, 0.15) is 62.2 Å². The van der Waals surface area contributed by atoms with Crippen molar-refractivity contribution in [1.29, 1.82) is 0 Å². The number of sulfonamides is 1. The van der Waals surface area contributed by atoms with E-state index in [-0.39, 0.29) is 27.4 Å². The Bertz CT molecular complexity index is 875. The molecule has 0 radical (unpaired) electrons. The summed E-state index contributed by atoms with van der Waals surface area (Å²) in [6, 6.07) is 4.12. The molecular formula is C21H29ClN2O5S. The van der Waals surface area contributed by atoms with Gasteiger partial charge in [-0.3, -0.25) is 4.79 Å². The van der Waals surface area contributed by atoms with Crippen molar-refractivity contribution in [1.82, 2.24) is 9.62 Å². The molecule has 0 aromatic heterocycles. The highest BCUT2D eigenvalue weighted by molar-refractivity contribution is 7.89. The average Bonchev–Trinajstić information content (AvgIpc) is 2.74. The van der Waals surface area contributed by atoms with Crippen LogP contribution in [0.25, 0.3) is 0 Å². The second-order valence-electron chi connectivity index (χ2n) is 8.21. The van der Waals surface area contributed by atoms with Crippen LogP contribution in [0, 0.1) is 5.92 Å². The molecule has 1 amide bonds. The van der Waals surface area contributed by atoms with Gasteiger partial charge in [0.05, 0.1) is 10.6 Å². The first-order valence-corrected chi connectivity index (χ1v) is 12.4. The first-order valence-electron chi connectivity index (χ1n) is 10.5. The molecule has 1 saturated carbocycles. The molecule has 2 fully saturated rings. The standard InChI is InChI=1S/C21H29ClN2O5S/c1-15-5-8-17(9-6-15)23-20(25)14-29-21(26)16-7-10-18(22)19(13-16)30(27,28)24-11-3-2-4-12-24/h7,10,13,15,17H,2-6,8-9,11-12,14H2,1H3,(H,23,25). The molecule has 3 rings (SSSR count). The maximum Gasteiger partial charge on any atom is 0.338 e. The summed E-state index contributed by atoms with van der Waals surface area (Å²) in [5.74, 6) is -0.427. The van der Waals surface area contributed by atoms with Gasteiger partial charge >= 0.3 is 5.97 Å². The van der Waals surface area contributed by atoms with Crippen LogP contribution in [0.2, 0.25) is 5.02 Å². The van der Waals surface area contributed by atoms with Gasteiger partial charge in [0.15, 0.2) is 6.61 Å². The van der Waals surface area contributed by atoms with Crippen molar-refractivity contribution >= 4 is 33.5 Å². The number of nitrogens with zero attached hydrogens (tertiary/aromatic N) is 1. The van der Waals surface area contributed by atoms with E-state index in [1.807, 2.05) is 0 Å². The molecule has 166 valence electrons. The molecule has 1 aromatic rings. The van der Waals surface area contributed by atoms with Crippen molar-refractivity contribution in [3.63, 3.8) is 0 Å². The third-order valence-electron chi connectivity index (χ3n) is 5.82. The minimum atomic E-state index is -3.79. The van der Waals surface area contributed by atoms with E-state index in [2.05, 4.69) is 12.2 Å². The second kappa shape index (κ2) is 10.1. The van der Waals surface area contributed by atoms with E-state index < -0.39 is 22.6 Å². The first kappa shape index (κ1) is 23.0. The van der Waals surface area contributed by atoms with Crippen LogP contribution < -0.4 is 5.32 Å². The molecule has 0 bridgehead atoms. The number of halogens is 1. The van der Waals surface area contributed by atoms with Gasteiger partial charge in [0, 0.05) is 19.1 Å². The zero-order valence-electron chi connectivity index (χ0n) is 17.2. The summed E-state index contributed by atoms with van der Waals surface area (Å²) in [6.07, 6.45) is 6.59. The first-order chi connectivity index (χ1) is 14.3. The highest BCUT2D eigenvalue weighted by atomic mass is 35.5. The monoisotopic (exact) mass is 456 g/mol. The Morgan fingerprint density at radius 1 is 1.13 bits per heavy atom. The summed E-state index contributed by atoms with van der Waals surface area (Å²) in [7, 11) is -3.79. The summed E-state index contributed by atoms with van der Waals surface area (Å²) in [5, 5.41) is 2.95. The Kier molecular flexibility index (Phi) is 7.76. The molecule has 0 atom stereocenters. The van der Waals surface area contributed by atoms with Gasteiger partial charge in [-0.05, 0) is 62.6 Å². The van der Waals surface area contributed by atoms with Crippen LogP contribution in [0.5, 0.6) is 0 Å². The largest absolute Gasteiger partial charge is 0.452 e. The molecule has 1 aliphatic heterocycles. The van der Waals surface area contributed by atoms with Gasteiger partial charge in [-0.2, -0.15) is 4.31 Å². The van der Waals surface area contributed by atoms with E-state index >= 15 is 0 Å². The van der Waals surface area contributed by atoms with E-state index in [1.165, 1.54) is 22.5 Å². The lowest BCUT2D eigenvalue weighted by atomic mass is 9.87. The van der Waals surface area contributed by atoms with Crippen molar-refractivity contribution in [2.24, 2.45) is 5.92 Å². The summed E-state index contributed by atoms with van der Waals surface area (Å²) in [5.41, 5.74) is 0.0503. The molecule has 7 nitrogen and oxygen atoms in total. The quantitative estimate of drug-likeness (QED) is 0.662. The number of hydrogen-bond acceptors (Lipinski definition) is 5. The van der Waals surface area contributed by atoms with Gasteiger partial charge in [-0.1, -0.05) is 24.9 Å². The second-order valence-corrected chi connectivity index (χ2v) is 10.5. The number of nitrogens with one attached hydrogen (secondary N) is 1. The van der Waals surface area contributed by atoms with Gasteiger partial charge < -0.3 is 10.1 Å². The van der Waals surface area contributed by atoms with Crippen molar-refractivity contribution in [3.05, 3.63) is 28.8 Å². The number of amides is 1. The van der Waals surface area contributed by atoms with Crippen LogP contribution in [0.4, 0.5) is 0 Å². The molecule has 9 heteroatoms. The van der Waals surface area contributed by atoms with Gasteiger partial charge in [-0.25, -0.2) is 13.2 Å². The molecule has 1 aromatic carbocycles.